The van der Waals surface area contributed by atoms with Crippen molar-refractivity contribution >= 4 is 11.8 Å². The molecule has 0 bridgehead atoms. The van der Waals surface area contributed by atoms with Crippen molar-refractivity contribution < 1.29 is 22.8 Å². The van der Waals surface area contributed by atoms with E-state index in [1.54, 1.807) is 9.80 Å². The SMILES string of the molecule is CC(=O)N1CCC(N(C(=O)c2cccc(C(F)(F)F)c2)C2CC2)CC1. The maximum absolute atomic E-state index is 12.9. The summed E-state index contributed by atoms with van der Waals surface area (Å²) in [7, 11) is 0. The molecule has 2 fully saturated rings. The molecule has 0 aromatic heterocycles. The predicted molar refractivity (Wildman–Crippen MR) is 85.9 cm³/mol. The minimum absolute atomic E-state index is 0.0145. The largest absolute Gasteiger partial charge is 0.416 e. The second-order valence-electron chi connectivity index (χ2n) is 6.76. The molecule has 0 unspecified atom stereocenters. The van der Waals surface area contributed by atoms with Crippen molar-refractivity contribution in [2.45, 2.75) is 50.9 Å². The fourth-order valence-corrected chi connectivity index (χ4v) is 3.42. The molecule has 1 saturated heterocycles. The zero-order valence-corrected chi connectivity index (χ0v) is 14.1. The number of piperidine rings is 1. The molecule has 0 spiro atoms. The van der Waals surface area contributed by atoms with Crippen molar-refractivity contribution in [3.05, 3.63) is 35.4 Å². The number of alkyl halides is 3. The number of likely N-dealkylation sites (tertiary alicyclic amines) is 1. The summed E-state index contributed by atoms with van der Waals surface area (Å²) in [5.41, 5.74) is -0.726. The summed E-state index contributed by atoms with van der Waals surface area (Å²) < 4.78 is 38.7. The van der Waals surface area contributed by atoms with Crippen LogP contribution >= 0.6 is 0 Å². The van der Waals surface area contributed by atoms with Crippen molar-refractivity contribution in [2.75, 3.05) is 13.1 Å². The fraction of sp³-hybridized carbons (Fsp3) is 0.556. The zero-order chi connectivity index (χ0) is 18.2. The van der Waals surface area contributed by atoms with Gasteiger partial charge in [-0.3, -0.25) is 9.59 Å². The van der Waals surface area contributed by atoms with Crippen LogP contribution in [0.5, 0.6) is 0 Å². The molecule has 25 heavy (non-hydrogen) atoms. The fourth-order valence-electron chi connectivity index (χ4n) is 3.42. The summed E-state index contributed by atoms with van der Waals surface area (Å²) >= 11 is 0. The van der Waals surface area contributed by atoms with E-state index in [2.05, 4.69) is 0 Å². The Balaban J connectivity index is 1.78. The first-order chi connectivity index (χ1) is 11.8. The summed E-state index contributed by atoms with van der Waals surface area (Å²) in [5.74, 6) is -0.324. The standard InChI is InChI=1S/C18H21F3N2O2/c1-12(24)22-9-7-16(8-10-22)23(15-5-6-15)17(25)13-3-2-4-14(11-13)18(19,20)21/h2-4,11,15-16H,5-10H2,1H3. The van der Waals surface area contributed by atoms with Gasteiger partial charge in [0.05, 0.1) is 5.56 Å². The van der Waals surface area contributed by atoms with Gasteiger partial charge >= 0.3 is 6.18 Å². The van der Waals surface area contributed by atoms with Crippen molar-refractivity contribution in [3.63, 3.8) is 0 Å². The first-order valence-electron chi connectivity index (χ1n) is 8.53. The molecule has 3 rings (SSSR count). The Hall–Kier alpha value is -2.05. The lowest BCUT2D eigenvalue weighted by molar-refractivity contribution is -0.137. The molecule has 1 heterocycles. The van der Waals surface area contributed by atoms with Crippen LogP contribution in [-0.4, -0.2) is 46.8 Å². The van der Waals surface area contributed by atoms with E-state index in [0.29, 0.717) is 25.9 Å². The molecule has 1 aliphatic heterocycles. The monoisotopic (exact) mass is 354 g/mol. The van der Waals surface area contributed by atoms with Gasteiger partial charge in [-0.15, -0.1) is 0 Å². The van der Waals surface area contributed by atoms with Gasteiger partial charge in [-0.1, -0.05) is 6.07 Å². The van der Waals surface area contributed by atoms with E-state index in [1.807, 2.05) is 0 Å². The van der Waals surface area contributed by atoms with E-state index in [9.17, 15) is 22.8 Å². The highest BCUT2D eigenvalue weighted by Gasteiger charge is 2.40. The summed E-state index contributed by atoms with van der Waals surface area (Å²) in [4.78, 5) is 27.8. The number of amides is 2. The third-order valence-corrected chi connectivity index (χ3v) is 4.91. The molecule has 1 saturated carbocycles. The first-order valence-corrected chi connectivity index (χ1v) is 8.53. The topological polar surface area (TPSA) is 40.6 Å². The Bertz CT molecular complexity index is 663. The number of benzene rings is 1. The van der Waals surface area contributed by atoms with E-state index in [4.69, 9.17) is 0 Å². The molecule has 0 N–H and O–H groups in total. The van der Waals surface area contributed by atoms with Gasteiger partial charge < -0.3 is 9.80 Å². The maximum Gasteiger partial charge on any atom is 0.416 e. The molecular weight excluding hydrogens is 333 g/mol. The minimum atomic E-state index is -4.46. The molecule has 1 aliphatic carbocycles. The van der Waals surface area contributed by atoms with Crippen LogP contribution in [0.2, 0.25) is 0 Å². The average Bonchev–Trinajstić information content (AvgIpc) is 3.39. The molecule has 0 radical (unpaired) electrons. The summed E-state index contributed by atoms with van der Waals surface area (Å²) in [6.07, 6.45) is -1.36. The van der Waals surface area contributed by atoms with Crippen molar-refractivity contribution in [1.29, 1.82) is 0 Å². The molecule has 136 valence electrons. The van der Waals surface area contributed by atoms with E-state index in [-0.39, 0.29) is 29.5 Å². The Morgan fingerprint density at radius 1 is 1.08 bits per heavy atom. The van der Waals surface area contributed by atoms with Gasteiger partial charge in [0.15, 0.2) is 0 Å². The molecule has 2 aliphatic rings. The molecule has 7 heteroatoms. The molecule has 2 amide bonds. The lowest BCUT2D eigenvalue weighted by atomic mass is 10.0. The Kier molecular flexibility index (Phi) is 4.75. The molecule has 1 aromatic rings. The summed E-state index contributed by atoms with van der Waals surface area (Å²) in [6.45, 7) is 2.69. The Morgan fingerprint density at radius 3 is 2.20 bits per heavy atom. The Morgan fingerprint density at radius 2 is 1.68 bits per heavy atom. The van der Waals surface area contributed by atoms with Crippen LogP contribution in [0.15, 0.2) is 24.3 Å². The number of hydrogen-bond donors (Lipinski definition) is 0. The van der Waals surface area contributed by atoms with E-state index >= 15 is 0 Å². The van der Waals surface area contributed by atoms with Crippen molar-refractivity contribution in [3.8, 4) is 0 Å². The third kappa shape index (κ3) is 3.96. The average molecular weight is 354 g/mol. The van der Waals surface area contributed by atoms with E-state index in [0.717, 1.165) is 25.0 Å². The number of carbonyl (C=O) groups excluding carboxylic acids is 2. The number of carbonyl (C=O) groups is 2. The number of nitrogens with zero attached hydrogens (tertiary/aromatic N) is 2. The number of rotatable bonds is 3. The second kappa shape index (κ2) is 6.69. The Labute approximate surface area is 144 Å². The van der Waals surface area contributed by atoms with Crippen LogP contribution in [0.1, 0.15) is 48.5 Å². The minimum Gasteiger partial charge on any atom is -0.343 e. The van der Waals surface area contributed by atoms with E-state index < -0.39 is 11.7 Å². The van der Waals surface area contributed by atoms with Crippen LogP contribution < -0.4 is 0 Å². The quantitative estimate of drug-likeness (QED) is 0.835. The van der Waals surface area contributed by atoms with Crippen LogP contribution in [-0.2, 0) is 11.0 Å². The van der Waals surface area contributed by atoms with Crippen molar-refractivity contribution in [2.24, 2.45) is 0 Å². The van der Waals surface area contributed by atoms with Gasteiger partial charge in [0.1, 0.15) is 0 Å². The molecule has 4 nitrogen and oxygen atoms in total. The lowest BCUT2D eigenvalue weighted by Crippen LogP contribution is -2.49. The first kappa shape index (κ1) is 17.8. The lowest BCUT2D eigenvalue weighted by Gasteiger charge is -2.38. The summed E-state index contributed by atoms with van der Waals surface area (Å²) in [6, 6.07) is 4.71. The van der Waals surface area contributed by atoms with Crippen molar-refractivity contribution in [1.82, 2.24) is 9.80 Å². The smallest absolute Gasteiger partial charge is 0.343 e. The van der Waals surface area contributed by atoms with Gasteiger partial charge in [-0.25, -0.2) is 0 Å². The highest BCUT2D eigenvalue weighted by Crippen LogP contribution is 2.34. The molecule has 1 aromatic carbocycles. The number of hydrogen-bond acceptors (Lipinski definition) is 2. The highest BCUT2D eigenvalue weighted by atomic mass is 19.4. The van der Waals surface area contributed by atoms with Gasteiger partial charge in [0, 0.05) is 37.7 Å². The molecular formula is C18H21F3N2O2. The van der Waals surface area contributed by atoms with Crippen LogP contribution in [0.4, 0.5) is 13.2 Å². The highest BCUT2D eigenvalue weighted by molar-refractivity contribution is 5.95. The van der Waals surface area contributed by atoms with Gasteiger partial charge in [-0.05, 0) is 43.9 Å². The van der Waals surface area contributed by atoms with Gasteiger partial charge in [-0.2, -0.15) is 13.2 Å². The second-order valence-corrected chi connectivity index (χ2v) is 6.76. The zero-order valence-electron chi connectivity index (χ0n) is 14.1. The van der Waals surface area contributed by atoms with Crippen LogP contribution in [0.25, 0.3) is 0 Å². The number of halogens is 3. The van der Waals surface area contributed by atoms with E-state index in [1.165, 1.54) is 19.1 Å². The third-order valence-electron chi connectivity index (χ3n) is 4.91. The van der Waals surface area contributed by atoms with Gasteiger partial charge in [0.25, 0.3) is 5.91 Å². The van der Waals surface area contributed by atoms with Crippen LogP contribution in [0, 0.1) is 0 Å². The van der Waals surface area contributed by atoms with Crippen LogP contribution in [0.3, 0.4) is 0 Å². The molecule has 0 atom stereocenters. The normalized spacial score (nSPS) is 19.0. The summed E-state index contributed by atoms with van der Waals surface area (Å²) in [5, 5.41) is 0. The predicted octanol–water partition coefficient (Wildman–Crippen LogP) is 3.32. The maximum atomic E-state index is 12.9. The van der Waals surface area contributed by atoms with Gasteiger partial charge in [0.2, 0.25) is 5.91 Å².